The van der Waals surface area contributed by atoms with Crippen LogP contribution in [-0.2, 0) is 21.2 Å². The van der Waals surface area contributed by atoms with Crippen LogP contribution in [0.3, 0.4) is 0 Å². The smallest absolute Gasteiger partial charge is 0.237 e. The highest BCUT2D eigenvalue weighted by Crippen LogP contribution is 2.44. The topological polar surface area (TPSA) is 113 Å². The van der Waals surface area contributed by atoms with Crippen LogP contribution >= 0.6 is 0 Å². The first-order chi connectivity index (χ1) is 14.7. The van der Waals surface area contributed by atoms with E-state index in [1.54, 1.807) is 6.07 Å². The van der Waals surface area contributed by atoms with Crippen LogP contribution in [0.25, 0.3) is 0 Å². The highest BCUT2D eigenvalue weighted by Gasteiger charge is 2.32. The number of oxazole rings is 1. The van der Waals surface area contributed by atoms with E-state index in [9.17, 15) is 8.42 Å². The van der Waals surface area contributed by atoms with E-state index < -0.39 is 10.0 Å². The van der Waals surface area contributed by atoms with Gasteiger partial charge in [-0.05, 0) is 43.0 Å². The second-order valence-electron chi connectivity index (χ2n) is 9.59. The van der Waals surface area contributed by atoms with Crippen LogP contribution in [-0.4, -0.2) is 23.6 Å². The minimum absolute atomic E-state index is 0.00484. The molecule has 1 fully saturated rings. The average Bonchev–Trinajstić information content (AvgIpc) is 3.45. The van der Waals surface area contributed by atoms with E-state index in [2.05, 4.69) is 46.0 Å². The van der Waals surface area contributed by atoms with Gasteiger partial charge in [-0.25, -0.2) is 13.4 Å². The number of anilines is 3. The minimum atomic E-state index is -3.25. The van der Waals surface area contributed by atoms with Crippen molar-refractivity contribution in [3.8, 4) is 0 Å². The fourth-order valence-electron chi connectivity index (χ4n) is 4.37. The number of nitrogens with one attached hydrogen (secondary N) is 3. The number of H-pyrrole nitrogens is 1. The lowest BCUT2D eigenvalue weighted by Gasteiger charge is -2.13. The highest BCUT2D eigenvalue weighted by molar-refractivity contribution is 7.92. The van der Waals surface area contributed by atoms with Crippen LogP contribution in [0.1, 0.15) is 74.8 Å². The molecule has 31 heavy (non-hydrogen) atoms. The fourth-order valence-corrected chi connectivity index (χ4v) is 5.62. The summed E-state index contributed by atoms with van der Waals surface area (Å²) in [6, 6.07) is 7.51. The average molecular weight is 442 g/mol. The number of nitrogens with zero attached hydrogens (tertiary/aromatic N) is 2. The molecule has 1 saturated carbocycles. The Morgan fingerprint density at radius 3 is 2.74 bits per heavy atom. The van der Waals surface area contributed by atoms with Crippen molar-refractivity contribution in [1.29, 1.82) is 0 Å². The predicted molar refractivity (Wildman–Crippen MR) is 119 cm³/mol. The maximum atomic E-state index is 11.7. The van der Waals surface area contributed by atoms with Crippen LogP contribution in [0.2, 0.25) is 0 Å². The number of hydrogen-bond acceptors (Lipinski definition) is 6. The number of rotatable bonds is 4. The quantitative estimate of drug-likeness (QED) is 0.539. The molecule has 0 saturated heterocycles. The normalized spacial score (nSPS) is 22.3. The maximum absolute atomic E-state index is 11.7. The largest absolute Gasteiger partial charge is 0.445 e. The Hall–Kier alpha value is -2.81. The number of benzene rings is 1. The van der Waals surface area contributed by atoms with E-state index in [1.807, 2.05) is 24.4 Å². The molecule has 3 heterocycles. The summed E-state index contributed by atoms with van der Waals surface area (Å²) < 4.78 is 32.1. The summed E-state index contributed by atoms with van der Waals surface area (Å²) in [4.78, 5) is 4.54. The molecule has 8 nitrogen and oxygen atoms in total. The number of aromatic nitrogens is 3. The summed E-state index contributed by atoms with van der Waals surface area (Å²) in [5.74, 6) is 3.20. The van der Waals surface area contributed by atoms with Crippen molar-refractivity contribution in [3.63, 3.8) is 0 Å². The van der Waals surface area contributed by atoms with Gasteiger partial charge < -0.3 is 9.73 Å². The zero-order valence-electron chi connectivity index (χ0n) is 17.9. The number of sulfonamides is 1. The molecule has 2 aromatic heterocycles. The van der Waals surface area contributed by atoms with Gasteiger partial charge in [0.15, 0.2) is 11.7 Å². The molecule has 1 aromatic carbocycles. The lowest BCUT2D eigenvalue weighted by molar-refractivity contribution is 0.363. The van der Waals surface area contributed by atoms with Gasteiger partial charge in [-0.2, -0.15) is 5.10 Å². The summed E-state index contributed by atoms with van der Waals surface area (Å²) in [6.45, 7) is 6.39. The van der Waals surface area contributed by atoms with Crippen molar-refractivity contribution in [2.75, 3.05) is 10.0 Å². The van der Waals surface area contributed by atoms with Crippen molar-refractivity contribution < 1.29 is 12.8 Å². The number of hydrogen-bond donors (Lipinski definition) is 3. The Kier molecular flexibility index (Phi) is 4.62. The van der Waals surface area contributed by atoms with E-state index in [-0.39, 0.29) is 11.2 Å². The van der Waals surface area contributed by atoms with Gasteiger partial charge in [0, 0.05) is 34.7 Å². The summed E-state index contributed by atoms with van der Waals surface area (Å²) >= 11 is 0. The van der Waals surface area contributed by atoms with Crippen LogP contribution < -0.4 is 10.0 Å². The van der Waals surface area contributed by atoms with Crippen molar-refractivity contribution in [3.05, 3.63) is 53.4 Å². The summed E-state index contributed by atoms with van der Waals surface area (Å²) in [5.41, 5.74) is 3.28. The summed E-state index contributed by atoms with van der Waals surface area (Å²) in [6.07, 6.45) is 4.94. The van der Waals surface area contributed by atoms with E-state index in [0.29, 0.717) is 17.5 Å². The van der Waals surface area contributed by atoms with Gasteiger partial charge in [0.25, 0.3) is 0 Å². The molecular weight excluding hydrogens is 414 g/mol. The van der Waals surface area contributed by atoms with Gasteiger partial charge in [0.1, 0.15) is 5.76 Å². The van der Waals surface area contributed by atoms with E-state index in [0.717, 1.165) is 53.7 Å². The van der Waals surface area contributed by atoms with Crippen LogP contribution in [0, 0.1) is 0 Å². The highest BCUT2D eigenvalue weighted by atomic mass is 32.2. The lowest BCUT2D eigenvalue weighted by Crippen LogP contribution is -2.09. The van der Waals surface area contributed by atoms with Crippen LogP contribution in [0.5, 0.6) is 0 Å². The first kappa shape index (κ1) is 20.1. The third-order valence-electron chi connectivity index (χ3n) is 6.07. The van der Waals surface area contributed by atoms with Gasteiger partial charge in [0.05, 0.1) is 17.6 Å². The fraction of sp³-hybridized carbons (Fsp3) is 0.455. The Balaban J connectivity index is 1.25. The molecular formula is C22H27N5O3S. The van der Waals surface area contributed by atoms with Crippen molar-refractivity contribution in [2.45, 2.75) is 63.0 Å². The maximum Gasteiger partial charge on any atom is 0.237 e. The van der Waals surface area contributed by atoms with Gasteiger partial charge in [0.2, 0.25) is 10.0 Å². The molecule has 0 spiro atoms. The Morgan fingerprint density at radius 1 is 1.16 bits per heavy atom. The Labute approximate surface area is 181 Å². The lowest BCUT2D eigenvalue weighted by atomic mass is 9.94. The first-order valence-corrected chi connectivity index (χ1v) is 12.2. The molecule has 0 amide bonds. The SMILES string of the molecule is CC(C)(C)c1cnc([C@@H]2CC[C@H](c3cc(Nc4ccc5c(c4)CS(=O)(=O)N5)n[nH]3)C2)o1. The molecule has 0 unspecified atom stereocenters. The summed E-state index contributed by atoms with van der Waals surface area (Å²) in [5, 5.41) is 10.8. The van der Waals surface area contributed by atoms with Crippen molar-refractivity contribution >= 4 is 27.2 Å². The summed E-state index contributed by atoms with van der Waals surface area (Å²) in [7, 11) is -3.25. The predicted octanol–water partition coefficient (Wildman–Crippen LogP) is 4.75. The van der Waals surface area contributed by atoms with Gasteiger partial charge in [-0.1, -0.05) is 20.8 Å². The van der Waals surface area contributed by atoms with E-state index in [4.69, 9.17) is 4.42 Å². The van der Waals surface area contributed by atoms with Gasteiger partial charge in [-0.15, -0.1) is 0 Å². The molecule has 164 valence electrons. The molecule has 1 aliphatic carbocycles. The first-order valence-electron chi connectivity index (χ1n) is 10.6. The molecule has 0 bridgehead atoms. The van der Waals surface area contributed by atoms with Crippen molar-refractivity contribution in [1.82, 2.24) is 15.2 Å². The second kappa shape index (κ2) is 7.12. The molecule has 2 atom stereocenters. The van der Waals surface area contributed by atoms with E-state index >= 15 is 0 Å². The van der Waals surface area contributed by atoms with E-state index in [1.165, 1.54) is 0 Å². The van der Waals surface area contributed by atoms with Crippen LogP contribution in [0.15, 0.2) is 34.9 Å². The molecule has 3 aromatic rings. The van der Waals surface area contributed by atoms with Crippen LogP contribution in [0.4, 0.5) is 17.2 Å². The monoisotopic (exact) mass is 441 g/mol. The van der Waals surface area contributed by atoms with Gasteiger partial charge >= 0.3 is 0 Å². The Bertz CT molecular complexity index is 1220. The number of fused-ring (bicyclic) bond motifs is 1. The molecule has 1 aliphatic heterocycles. The molecule has 9 heteroatoms. The molecule has 2 aliphatic rings. The third-order valence-corrected chi connectivity index (χ3v) is 7.29. The minimum Gasteiger partial charge on any atom is -0.445 e. The Morgan fingerprint density at radius 2 is 1.97 bits per heavy atom. The van der Waals surface area contributed by atoms with Gasteiger partial charge in [-0.3, -0.25) is 9.82 Å². The zero-order chi connectivity index (χ0) is 21.8. The molecule has 0 radical (unpaired) electrons. The third kappa shape index (κ3) is 4.06. The second-order valence-corrected chi connectivity index (χ2v) is 11.3. The standard InChI is InChI=1S/C22H27N5O3S/c1-22(2,3)19-11-23-21(30-19)14-5-4-13(8-14)18-10-20(26-25-18)24-16-6-7-17-15(9-16)12-31(28,29)27-17/h6-7,9-11,13-14,27H,4-5,8,12H2,1-3H3,(H2,24,25,26)/t13-,14+/m0/s1. The number of aromatic amines is 1. The molecule has 5 rings (SSSR count). The molecule has 3 N–H and O–H groups in total. The zero-order valence-corrected chi connectivity index (χ0v) is 18.7. The van der Waals surface area contributed by atoms with Crippen molar-refractivity contribution in [2.24, 2.45) is 0 Å².